The third-order valence-electron chi connectivity index (χ3n) is 3.14. The first kappa shape index (κ1) is 12.7. The largest absolute Gasteiger partial charge is 0.497 e. The van der Waals surface area contributed by atoms with Crippen LogP contribution in [0.4, 0.5) is 5.69 Å². The van der Waals surface area contributed by atoms with Crippen molar-refractivity contribution in [3.05, 3.63) is 47.6 Å². The van der Waals surface area contributed by atoms with Gasteiger partial charge in [0.2, 0.25) is 0 Å². The number of nitrogens with zero attached hydrogens (tertiary/aromatic N) is 2. The van der Waals surface area contributed by atoms with Crippen LogP contribution in [0.3, 0.4) is 0 Å². The molecule has 0 aliphatic heterocycles. The number of nitrogens with two attached hydrogens (primary N) is 1. The van der Waals surface area contributed by atoms with Crippen LogP contribution in [-0.4, -0.2) is 17.3 Å². The van der Waals surface area contributed by atoms with Crippen LogP contribution in [0.5, 0.6) is 5.75 Å². The second-order valence-electron chi connectivity index (χ2n) is 4.38. The monoisotopic (exact) mass is 285 g/mol. The van der Waals surface area contributed by atoms with E-state index in [9.17, 15) is 0 Å². The Labute approximate surface area is 121 Å². The zero-order valence-corrected chi connectivity index (χ0v) is 11.6. The molecular weight excluding hydrogens is 274 g/mol. The molecule has 1 heterocycles. The summed E-state index contributed by atoms with van der Waals surface area (Å²) >= 11 is 5.95. The predicted molar refractivity (Wildman–Crippen MR) is 80.9 cm³/mol. The summed E-state index contributed by atoms with van der Waals surface area (Å²) < 4.78 is 5.26. The van der Waals surface area contributed by atoms with Crippen molar-refractivity contribution in [2.24, 2.45) is 0 Å². The fraction of sp³-hybridized carbons (Fsp3) is 0.0667. The van der Waals surface area contributed by atoms with Gasteiger partial charge >= 0.3 is 0 Å². The van der Waals surface area contributed by atoms with Crippen molar-refractivity contribution in [2.75, 3.05) is 12.8 Å². The molecule has 20 heavy (non-hydrogen) atoms. The number of rotatable bonds is 2. The molecule has 100 valence electrons. The van der Waals surface area contributed by atoms with Gasteiger partial charge in [-0.25, -0.2) is 0 Å². The van der Waals surface area contributed by atoms with E-state index in [0.29, 0.717) is 10.7 Å². The molecule has 0 unspecified atom stereocenters. The van der Waals surface area contributed by atoms with E-state index in [2.05, 4.69) is 10.2 Å². The lowest BCUT2D eigenvalue weighted by Gasteiger charge is -2.08. The van der Waals surface area contributed by atoms with Crippen molar-refractivity contribution in [2.45, 2.75) is 0 Å². The van der Waals surface area contributed by atoms with Gasteiger partial charge in [-0.1, -0.05) is 17.7 Å². The maximum Gasteiger partial charge on any atom is 0.119 e. The molecule has 0 radical (unpaired) electrons. The summed E-state index contributed by atoms with van der Waals surface area (Å²) in [5.41, 5.74) is 8.00. The van der Waals surface area contributed by atoms with Crippen molar-refractivity contribution < 1.29 is 4.74 Å². The third kappa shape index (κ3) is 2.14. The van der Waals surface area contributed by atoms with Gasteiger partial charge in [0.1, 0.15) is 11.4 Å². The first-order chi connectivity index (χ1) is 9.69. The highest BCUT2D eigenvalue weighted by Gasteiger charge is 2.09. The first-order valence-electron chi connectivity index (χ1n) is 6.04. The van der Waals surface area contributed by atoms with Crippen LogP contribution in [0.2, 0.25) is 5.02 Å². The number of aromatic nitrogens is 2. The van der Waals surface area contributed by atoms with Gasteiger partial charge in [0, 0.05) is 16.3 Å². The average molecular weight is 286 g/mol. The molecule has 0 saturated carbocycles. The van der Waals surface area contributed by atoms with E-state index >= 15 is 0 Å². The van der Waals surface area contributed by atoms with E-state index in [1.165, 1.54) is 0 Å². The SMILES string of the molecule is COc1ccc2cnnc(-c3ccc(Cl)c(N)c3)c2c1. The highest BCUT2D eigenvalue weighted by molar-refractivity contribution is 6.33. The molecule has 0 atom stereocenters. The summed E-state index contributed by atoms with van der Waals surface area (Å²) in [5, 5.41) is 10.7. The molecule has 0 aliphatic carbocycles. The van der Waals surface area contributed by atoms with Crippen LogP contribution in [-0.2, 0) is 0 Å². The van der Waals surface area contributed by atoms with Gasteiger partial charge in [0.25, 0.3) is 0 Å². The molecule has 0 saturated heterocycles. The second-order valence-corrected chi connectivity index (χ2v) is 4.79. The Morgan fingerprint density at radius 2 is 2.00 bits per heavy atom. The van der Waals surface area contributed by atoms with Crippen LogP contribution >= 0.6 is 11.6 Å². The zero-order valence-electron chi connectivity index (χ0n) is 10.8. The van der Waals surface area contributed by atoms with Gasteiger partial charge in [0.15, 0.2) is 0 Å². The van der Waals surface area contributed by atoms with Gasteiger partial charge in [-0.3, -0.25) is 0 Å². The molecule has 0 aliphatic rings. The number of halogens is 1. The topological polar surface area (TPSA) is 61.0 Å². The van der Waals surface area contributed by atoms with E-state index in [1.54, 1.807) is 25.4 Å². The fourth-order valence-electron chi connectivity index (χ4n) is 2.09. The molecular formula is C15H12ClN3O. The molecule has 3 aromatic rings. The summed E-state index contributed by atoms with van der Waals surface area (Å²) in [7, 11) is 1.63. The Morgan fingerprint density at radius 1 is 1.15 bits per heavy atom. The quantitative estimate of drug-likeness (QED) is 0.732. The smallest absolute Gasteiger partial charge is 0.119 e. The molecule has 0 spiro atoms. The summed E-state index contributed by atoms with van der Waals surface area (Å²) in [4.78, 5) is 0. The number of nitrogen functional groups attached to an aromatic ring is 1. The van der Waals surface area contributed by atoms with Crippen molar-refractivity contribution in [1.29, 1.82) is 0 Å². The maximum atomic E-state index is 5.95. The van der Waals surface area contributed by atoms with E-state index in [0.717, 1.165) is 27.8 Å². The van der Waals surface area contributed by atoms with Crippen LogP contribution in [0.1, 0.15) is 0 Å². The summed E-state index contributed by atoms with van der Waals surface area (Å²) in [5.74, 6) is 0.772. The summed E-state index contributed by atoms with van der Waals surface area (Å²) in [6.45, 7) is 0. The third-order valence-corrected chi connectivity index (χ3v) is 3.48. The lowest BCUT2D eigenvalue weighted by atomic mass is 10.0. The van der Waals surface area contributed by atoms with Crippen molar-refractivity contribution in [1.82, 2.24) is 10.2 Å². The lowest BCUT2D eigenvalue weighted by molar-refractivity contribution is 0.415. The van der Waals surface area contributed by atoms with Gasteiger partial charge in [-0.15, -0.1) is 5.10 Å². The first-order valence-corrected chi connectivity index (χ1v) is 6.41. The van der Waals surface area contributed by atoms with Crippen molar-refractivity contribution in [3.63, 3.8) is 0 Å². The van der Waals surface area contributed by atoms with Crippen LogP contribution in [0.25, 0.3) is 22.0 Å². The van der Waals surface area contributed by atoms with Gasteiger partial charge in [-0.2, -0.15) is 5.10 Å². The number of ether oxygens (including phenoxy) is 1. The molecule has 1 aromatic heterocycles. The van der Waals surface area contributed by atoms with Crippen LogP contribution < -0.4 is 10.5 Å². The molecule has 0 amide bonds. The standard InChI is InChI=1S/C15H12ClN3O/c1-20-11-4-2-10-8-18-19-15(12(10)7-11)9-3-5-13(16)14(17)6-9/h2-8H,17H2,1H3. The van der Waals surface area contributed by atoms with E-state index in [-0.39, 0.29) is 0 Å². The number of hydrogen-bond acceptors (Lipinski definition) is 4. The van der Waals surface area contributed by atoms with Gasteiger partial charge in [-0.05, 0) is 30.3 Å². The highest BCUT2D eigenvalue weighted by Crippen LogP contribution is 2.31. The molecule has 0 bridgehead atoms. The van der Waals surface area contributed by atoms with E-state index < -0.39 is 0 Å². The highest BCUT2D eigenvalue weighted by atomic mass is 35.5. The van der Waals surface area contributed by atoms with Crippen LogP contribution in [0, 0.1) is 0 Å². The fourth-order valence-corrected chi connectivity index (χ4v) is 2.20. The zero-order chi connectivity index (χ0) is 14.1. The predicted octanol–water partition coefficient (Wildman–Crippen LogP) is 3.54. The van der Waals surface area contributed by atoms with Gasteiger partial charge in [0.05, 0.1) is 24.0 Å². The molecule has 3 rings (SSSR count). The Kier molecular flexibility index (Phi) is 3.16. The number of benzene rings is 2. The molecule has 0 fully saturated rings. The van der Waals surface area contributed by atoms with Crippen molar-refractivity contribution in [3.8, 4) is 17.0 Å². The number of anilines is 1. The Bertz CT molecular complexity index is 789. The Morgan fingerprint density at radius 3 is 2.75 bits per heavy atom. The normalized spacial score (nSPS) is 10.7. The minimum Gasteiger partial charge on any atom is -0.497 e. The average Bonchev–Trinajstić information content (AvgIpc) is 2.49. The van der Waals surface area contributed by atoms with E-state index in [1.807, 2.05) is 24.3 Å². The molecule has 2 aromatic carbocycles. The number of fused-ring (bicyclic) bond motifs is 1. The molecule has 5 heteroatoms. The number of methoxy groups -OCH3 is 1. The van der Waals surface area contributed by atoms with E-state index in [4.69, 9.17) is 22.1 Å². The van der Waals surface area contributed by atoms with Crippen LogP contribution in [0.15, 0.2) is 42.6 Å². The summed E-state index contributed by atoms with van der Waals surface area (Å²) in [6.07, 6.45) is 1.72. The lowest BCUT2D eigenvalue weighted by Crippen LogP contribution is -1.93. The molecule has 2 N–H and O–H groups in total. The minimum atomic E-state index is 0.519. The number of hydrogen-bond donors (Lipinski definition) is 1. The summed E-state index contributed by atoms with van der Waals surface area (Å²) in [6, 6.07) is 11.2. The van der Waals surface area contributed by atoms with Crippen molar-refractivity contribution >= 4 is 28.1 Å². The minimum absolute atomic E-state index is 0.519. The Balaban J connectivity index is 2.26. The molecule has 4 nitrogen and oxygen atoms in total. The van der Waals surface area contributed by atoms with Gasteiger partial charge < -0.3 is 10.5 Å². The maximum absolute atomic E-state index is 5.95. The Hall–Kier alpha value is -2.33. The second kappa shape index (κ2) is 4.98.